The average molecular weight is 277 g/mol. The Kier molecular flexibility index (Phi) is 5.12. The summed E-state index contributed by atoms with van der Waals surface area (Å²) in [6.45, 7) is 1.31. The number of ether oxygens (including phenoxy) is 1. The van der Waals surface area contributed by atoms with Crippen molar-refractivity contribution in [3.63, 3.8) is 0 Å². The number of amides is 1. The van der Waals surface area contributed by atoms with Gasteiger partial charge in [-0.3, -0.25) is 9.59 Å². The summed E-state index contributed by atoms with van der Waals surface area (Å²) in [6.07, 6.45) is 1.38. The minimum Gasteiger partial charge on any atom is -0.481 e. The van der Waals surface area contributed by atoms with Gasteiger partial charge in [0.25, 0.3) is 0 Å². The summed E-state index contributed by atoms with van der Waals surface area (Å²) in [4.78, 5) is 24.5. The van der Waals surface area contributed by atoms with Gasteiger partial charge >= 0.3 is 5.97 Å². The molecule has 1 aliphatic heterocycles. The molecular formula is C15H19NO4. The summed E-state index contributed by atoms with van der Waals surface area (Å²) < 4.78 is 5.39. The SMILES string of the molecule is O=C(O)[C@H]1CCCN(C(=O)COCc2ccccc2)C1. The van der Waals surface area contributed by atoms with Gasteiger partial charge in [0.1, 0.15) is 6.61 Å². The van der Waals surface area contributed by atoms with Crippen LogP contribution in [0.1, 0.15) is 18.4 Å². The van der Waals surface area contributed by atoms with Crippen molar-refractivity contribution in [2.45, 2.75) is 19.4 Å². The predicted octanol–water partition coefficient (Wildman–Crippen LogP) is 1.53. The Morgan fingerprint density at radius 1 is 1.30 bits per heavy atom. The van der Waals surface area contributed by atoms with Crippen LogP contribution in [0.4, 0.5) is 0 Å². The smallest absolute Gasteiger partial charge is 0.308 e. The molecule has 1 heterocycles. The normalized spacial score (nSPS) is 18.8. The quantitative estimate of drug-likeness (QED) is 0.886. The summed E-state index contributed by atoms with van der Waals surface area (Å²) in [5.41, 5.74) is 1.02. The van der Waals surface area contributed by atoms with E-state index < -0.39 is 11.9 Å². The van der Waals surface area contributed by atoms with Crippen molar-refractivity contribution in [1.82, 2.24) is 4.90 Å². The third-order valence-corrected chi connectivity index (χ3v) is 3.46. The van der Waals surface area contributed by atoms with Crippen molar-refractivity contribution in [3.05, 3.63) is 35.9 Å². The molecule has 5 heteroatoms. The highest BCUT2D eigenvalue weighted by molar-refractivity contribution is 5.79. The van der Waals surface area contributed by atoms with Crippen LogP contribution in [-0.4, -0.2) is 41.6 Å². The number of carboxylic acids is 1. The van der Waals surface area contributed by atoms with Crippen LogP contribution in [0.25, 0.3) is 0 Å². The van der Waals surface area contributed by atoms with Gasteiger partial charge in [0.2, 0.25) is 5.91 Å². The maximum atomic E-state index is 12.0. The van der Waals surface area contributed by atoms with Crippen LogP contribution in [0.2, 0.25) is 0 Å². The molecule has 5 nitrogen and oxygen atoms in total. The van der Waals surface area contributed by atoms with Crippen molar-refractivity contribution in [1.29, 1.82) is 0 Å². The minimum absolute atomic E-state index is 0.00122. The van der Waals surface area contributed by atoms with Gasteiger partial charge in [0.15, 0.2) is 0 Å². The molecule has 1 aromatic rings. The number of carbonyl (C=O) groups excluding carboxylic acids is 1. The fraction of sp³-hybridized carbons (Fsp3) is 0.467. The Hall–Kier alpha value is -1.88. The Balaban J connectivity index is 1.75. The number of benzene rings is 1. The molecule has 2 rings (SSSR count). The molecule has 108 valence electrons. The lowest BCUT2D eigenvalue weighted by atomic mass is 9.98. The highest BCUT2D eigenvalue weighted by Crippen LogP contribution is 2.16. The second-order valence-corrected chi connectivity index (χ2v) is 5.00. The largest absolute Gasteiger partial charge is 0.481 e. The molecule has 1 amide bonds. The molecule has 0 bridgehead atoms. The molecule has 1 fully saturated rings. The van der Waals surface area contributed by atoms with Crippen LogP contribution in [0, 0.1) is 5.92 Å². The number of nitrogens with zero attached hydrogens (tertiary/aromatic N) is 1. The molecule has 1 aromatic carbocycles. The fourth-order valence-electron chi connectivity index (χ4n) is 2.33. The number of carboxylic acid groups (broad SMARTS) is 1. The van der Waals surface area contributed by atoms with Crippen LogP contribution in [0.15, 0.2) is 30.3 Å². The van der Waals surface area contributed by atoms with E-state index in [1.54, 1.807) is 4.90 Å². The lowest BCUT2D eigenvalue weighted by Gasteiger charge is -2.30. The zero-order valence-corrected chi connectivity index (χ0v) is 11.3. The molecular weight excluding hydrogens is 258 g/mol. The van der Waals surface area contributed by atoms with E-state index in [0.29, 0.717) is 26.1 Å². The van der Waals surface area contributed by atoms with Gasteiger partial charge in [-0.1, -0.05) is 30.3 Å². The van der Waals surface area contributed by atoms with E-state index in [4.69, 9.17) is 9.84 Å². The van der Waals surface area contributed by atoms with E-state index >= 15 is 0 Å². The number of carbonyl (C=O) groups is 2. The summed E-state index contributed by atoms with van der Waals surface area (Å²) in [5, 5.41) is 8.99. The first kappa shape index (κ1) is 14.5. The minimum atomic E-state index is -0.826. The topological polar surface area (TPSA) is 66.8 Å². The maximum Gasteiger partial charge on any atom is 0.308 e. The van der Waals surface area contributed by atoms with E-state index in [0.717, 1.165) is 12.0 Å². The molecule has 1 aliphatic rings. The molecule has 0 saturated carbocycles. The Morgan fingerprint density at radius 2 is 2.05 bits per heavy atom. The van der Waals surface area contributed by atoms with Crippen molar-refractivity contribution < 1.29 is 19.4 Å². The number of likely N-dealkylation sites (tertiary alicyclic amines) is 1. The Morgan fingerprint density at radius 3 is 2.75 bits per heavy atom. The highest BCUT2D eigenvalue weighted by atomic mass is 16.5. The first-order valence-corrected chi connectivity index (χ1v) is 6.79. The summed E-state index contributed by atoms with van der Waals surface area (Å²) in [6, 6.07) is 9.64. The monoisotopic (exact) mass is 277 g/mol. The first-order valence-electron chi connectivity index (χ1n) is 6.79. The Labute approximate surface area is 118 Å². The summed E-state index contributed by atoms with van der Waals surface area (Å²) in [5.74, 6) is -1.40. The number of hydrogen-bond acceptors (Lipinski definition) is 3. The summed E-state index contributed by atoms with van der Waals surface area (Å²) >= 11 is 0. The maximum absolute atomic E-state index is 12.0. The zero-order valence-electron chi connectivity index (χ0n) is 11.3. The predicted molar refractivity (Wildman–Crippen MR) is 73.0 cm³/mol. The molecule has 0 radical (unpaired) electrons. The fourth-order valence-corrected chi connectivity index (χ4v) is 2.33. The number of hydrogen-bond donors (Lipinski definition) is 1. The average Bonchev–Trinajstić information content (AvgIpc) is 2.48. The second kappa shape index (κ2) is 7.05. The van der Waals surface area contributed by atoms with Gasteiger partial charge in [-0.05, 0) is 18.4 Å². The van der Waals surface area contributed by atoms with Crippen LogP contribution in [-0.2, 0) is 20.9 Å². The van der Waals surface area contributed by atoms with Gasteiger partial charge in [-0.2, -0.15) is 0 Å². The van der Waals surface area contributed by atoms with Crippen molar-refractivity contribution in [3.8, 4) is 0 Å². The van der Waals surface area contributed by atoms with Gasteiger partial charge < -0.3 is 14.7 Å². The van der Waals surface area contributed by atoms with E-state index in [2.05, 4.69) is 0 Å². The standard InChI is InChI=1S/C15H19NO4/c17-14(11-20-10-12-5-2-1-3-6-12)16-8-4-7-13(9-16)15(18)19/h1-3,5-6,13H,4,7-11H2,(H,18,19)/t13-/m0/s1. The van der Waals surface area contributed by atoms with Crippen molar-refractivity contribution in [2.75, 3.05) is 19.7 Å². The lowest BCUT2D eigenvalue weighted by Crippen LogP contribution is -2.43. The number of rotatable bonds is 5. The molecule has 0 aromatic heterocycles. The highest BCUT2D eigenvalue weighted by Gasteiger charge is 2.27. The van der Waals surface area contributed by atoms with E-state index in [9.17, 15) is 9.59 Å². The van der Waals surface area contributed by atoms with E-state index in [1.807, 2.05) is 30.3 Å². The van der Waals surface area contributed by atoms with Crippen LogP contribution in [0.3, 0.4) is 0 Å². The van der Waals surface area contributed by atoms with Crippen LogP contribution < -0.4 is 0 Å². The van der Waals surface area contributed by atoms with Gasteiger partial charge in [0.05, 0.1) is 12.5 Å². The number of aliphatic carboxylic acids is 1. The molecule has 0 spiro atoms. The van der Waals surface area contributed by atoms with Crippen molar-refractivity contribution in [2.24, 2.45) is 5.92 Å². The lowest BCUT2D eigenvalue weighted by molar-refractivity contribution is -0.147. The first-order chi connectivity index (χ1) is 9.66. The Bertz CT molecular complexity index is 460. The molecule has 1 saturated heterocycles. The second-order valence-electron chi connectivity index (χ2n) is 5.00. The number of piperidine rings is 1. The molecule has 0 aliphatic carbocycles. The summed E-state index contributed by atoms with van der Waals surface area (Å²) in [7, 11) is 0. The van der Waals surface area contributed by atoms with Crippen molar-refractivity contribution >= 4 is 11.9 Å². The van der Waals surface area contributed by atoms with E-state index in [1.165, 1.54) is 0 Å². The molecule has 20 heavy (non-hydrogen) atoms. The van der Waals surface area contributed by atoms with E-state index in [-0.39, 0.29) is 12.5 Å². The molecule has 1 atom stereocenters. The van der Waals surface area contributed by atoms with Crippen LogP contribution >= 0.6 is 0 Å². The third-order valence-electron chi connectivity index (χ3n) is 3.46. The van der Waals surface area contributed by atoms with Gasteiger partial charge in [0, 0.05) is 13.1 Å². The molecule has 1 N–H and O–H groups in total. The third kappa shape index (κ3) is 4.06. The zero-order chi connectivity index (χ0) is 14.4. The van der Waals surface area contributed by atoms with Crippen LogP contribution in [0.5, 0.6) is 0 Å². The molecule has 0 unspecified atom stereocenters. The van der Waals surface area contributed by atoms with Gasteiger partial charge in [-0.15, -0.1) is 0 Å². The van der Waals surface area contributed by atoms with Gasteiger partial charge in [-0.25, -0.2) is 0 Å².